The molecule has 35 heavy (non-hydrogen) atoms. The number of hydrogen-bond acceptors (Lipinski definition) is 7. The van der Waals surface area contributed by atoms with Crippen molar-refractivity contribution in [2.45, 2.75) is 18.4 Å². The number of aromatic nitrogens is 2. The van der Waals surface area contributed by atoms with Crippen LogP contribution in [0.25, 0.3) is 11.1 Å². The Morgan fingerprint density at radius 3 is 2.29 bits per heavy atom. The summed E-state index contributed by atoms with van der Waals surface area (Å²) >= 11 is 5.87. The molecule has 1 unspecified atom stereocenters. The molecule has 0 spiro atoms. The molecule has 0 bridgehead atoms. The van der Waals surface area contributed by atoms with Crippen molar-refractivity contribution >= 4 is 35.5 Å². The van der Waals surface area contributed by atoms with E-state index in [0.29, 0.717) is 0 Å². The Labute approximate surface area is 205 Å². The Balaban J connectivity index is 1.43. The van der Waals surface area contributed by atoms with Crippen molar-refractivity contribution in [3.63, 3.8) is 0 Å². The quantitative estimate of drug-likeness (QED) is 0.403. The molecule has 3 N–H and O–H groups in total. The Kier molecular flexibility index (Phi) is 7.11. The summed E-state index contributed by atoms with van der Waals surface area (Å²) in [6, 6.07) is 15.6. The van der Waals surface area contributed by atoms with Crippen LogP contribution in [-0.2, 0) is 14.3 Å². The number of hydrogen-bond donors (Lipinski definition) is 3. The number of rotatable bonds is 8. The van der Waals surface area contributed by atoms with Gasteiger partial charge in [-0.05, 0) is 22.3 Å². The number of halogens is 1. The number of aliphatic carboxylic acids is 1. The van der Waals surface area contributed by atoms with Gasteiger partial charge in [-0.15, -0.1) is 0 Å². The maximum Gasteiger partial charge on any atom is 0.407 e. The minimum atomic E-state index is -1.45. The number of fused-ring (bicyclic) bond motifs is 3. The van der Waals surface area contributed by atoms with E-state index < -0.39 is 30.4 Å². The van der Waals surface area contributed by atoms with Crippen LogP contribution in [0.5, 0.6) is 5.88 Å². The smallest absolute Gasteiger partial charge is 0.407 e. The van der Waals surface area contributed by atoms with Crippen molar-refractivity contribution in [3.8, 4) is 17.0 Å². The van der Waals surface area contributed by atoms with Gasteiger partial charge in [0.15, 0.2) is 0 Å². The number of alkyl carbamates (subject to hydrolysis) is 1. The second-order valence-electron chi connectivity index (χ2n) is 7.67. The van der Waals surface area contributed by atoms with Gasteiger partial charge in [0, 0.05) is 12.0 Å². The van der Waals surface area contributed by atoms with E-state index >= 15 is 0 Å². The lowest BCUT2D eigenvalue weighted by atomic mass is 9.98. The van der Waals surface area contributed by atoms with Crippen LogP contribution >= 0.6 is 11.6 Å². The standard InChI is InChI=1S/C24H21ClN4O6/c1-34-20-11-19(25)27-23(28-20)29-22(32)18(10-21(30)31)26-24(33)35-12-17-15-8-4-2-6-13(15)14-7-3-5-9-16(14)17/h2-9,11,17-18H,10,12H2,1H3,(H,26,33)(H,30,31)(H,27,28,29,32). The number of nitrogens with one attached hydrogen (secondary N) is 2. The van der Waals surface area contributed by atoms with Gasteiger partial charge in [0.1, 0.15) is 17.8 Å². The monoisotopic (exact) mass is 496 g/mol. The molecule has 180 valence electrons. The summed E-state index contributed by atoms with van der Waals surface area (Å²) in [5.74, 6) is -2.45. The molecule has 0 radical (unpaired) electrons. The zero-order chi connectivity index (χ0) is 24.9. The van der Waals surface area contributed by atoms with Gasteiger partial charge in [-0.3, -0.25) is 14.9 Å². The Hall–Kier alpha value is -4.18. The molecule has 2 amide bonds. The zero-order valence-corrected chi connectivity index (χ0v) is 19.3. The predicted octanol–water partition coefficient (Wildman–Crippen LogP) is 3.46. The van der Waals surface area contributed by atoms with Crippen LogP contribution in [0.2, 0.25) is 5.15 Å². The highest BCUT2D eigenvalue weighted by molar-refractivity contribution is 6.29. The molecule has 0 fully saturated rings. The molecule has 0 aliphatic heterocycles. The largest absolute Gasteiger partial charge is 0.481 e. The van der Waals surface area contributed by atoms with Crippen molar-refractivity contribution in [1.29, 1.82) is 0 Å². The first-order valence-electron chi connectivity index (χ1n) is 10.6. The number of carbonyl (C=O) groups is 3. The number of benzene rings is 2. The topological polar surface area (TPSA) is 140 Å². The number of ether oxygens (including phenoxy) is 2. The second-order valence-corrected chi connectivity index (χ2v) is 8.05. The SMILES string of the molecule is COc1cc(Cl)nc(NC(=O)C(CC(=O)O)NC(=O)OCC2c3ccccc3-c3ccccc32)n1. The van der Waals surface area contributed by atoms with Crippen molar-refractivity contribution in [1.82, 2.24) is 15.3 Å². The molecule has 4 rings (SSSR count). The van der Waals surface area contributed by atoms with Crippen LogP contribution in [0.3, 0.4) is 0 Å². The third-order valence-electron chi connectivity index (χ3n) is 5.45. The maximum atomic E-state index is 12.7. The van der Waals surface area contributed by atoms with E-state index in [-0.39, 0.29) is 29.5 Å². The minimum Gasteiger partial charge on any atom is -0.481 e. The molecule has 11 heteroatoms. The molecular formula is C24H21ClN4O6. The number of carboxylic acids is 1. The molecule has 0 saturated heterocycles. The number of methoxy groups -OCH3 is 1. The van der Waals surface area contributed by atoms with Gasteiger partial charge in [0.05, 0.1) is 13.5 Å². The van der Waals surface area contributed by atoms with Gasteiger partial charge in [-0.1, -0.05) is 60.1 Å². The van der Waals surface area contributed by atoms with E-state index in [1.807, 2.05) is 48.5 Å². The van der Waals surface area contributed by atoms with Crippen molar-refractivity contribution < 1.29 is 29.0 Å². The lowest BCUT2D eigenvalue weighted by molar-refractivity contribution is -0.139. The fourth-order valence-electron chi connectivity index (χ4n) is 3.92. The summed E-state index contributed by atoms with van der Waals surface area (Å²) in [7, 11) is 1.36. The van der Waals surface area contributed by atoms with E-state index in [9.17, 15) is 19.5 Å². The molecule has 10 nitrogen and oxygen atoms in total. The van der Waals surface area contributed by atoms with Gasteiger partial charge >= 0.3 is 12.1 Å². The first-order valence-corrected chi connectivity index (χ1v) is 11.0. The molecule has 1 aliphatic rings. The summed E-state index contributed by atoms with van der Waals surface area (Å²) in [5, 5.41) is 13.9. The lowest BCUT2D eigenvalue weighted by Crippen LogP contribution is -2.45. The van der Waals surface area contributed by atoms with E-state index in [2.05, 4.69) is 20.6 Å². The Morgan fingerprint density at radius 2 is 1.69 bits per heavy atom. The van der Waals surface area contributed by atoms with E-state index in [1.165, 1.54) is 13.2 Å². The highest BCUT2D eigenvalue weighted by atomic mass is 35.5. The van der Waals surface area contributed by atoms with E-state index in [0.717, 1.165) is 22.3 Å². The van der Waals surface area contributed by atoms with Crippen LogP contribution in [0, 0.1) is 0 Å². The van der Waals surface area contributed by atoms with E-state index in [1.54, 1.807) is 0 Å². The summed E-state index contributed by atoms with van der Waals surface area (Å²) in [5.41, 5.74) is 4.18. The molecule has 2 aromatic carbocycles. The third kappa shape index (κ3) is 5.49. The number of anilines is 1. The first-order chi connectivity index (χ1) is 16.9. The second kappa shape index (κ2) is 10.4. The van der Waals surface area contributed by atoms with Crippen LogP contribution in [0.1, 0.15) is 23.5 Å². The van der Waals surface area contributed by atoms with Crippen molar-refractivity contribution in [2.24, 2.45) is 0 Å². The van der Waals surface area contributed by atoms with Gasteiger partial charge < -0.3 is 19.9 Å². The molecule has 3 aromatic rings. The molecule has 1 aliphatic carbocycles. The van der Waals surface area contributed by atoms with Crippen molar-refractivity contribution in [3.05, 3.63) is 70.9 Å². The highest BCUT2D eigenvalue weighted by Crippen LogP contribution is 2.44. The minimum absolute atomic E-state index is 0.00595. The maximum absolute atomic E-state index is 12.7. The molecule has 1 aromatic heterocycles. The van der Waals surface area contributed by atoms with Crippen LogP contribution in [0.4, 0.5) is 10.7 Å². The average molecular weight is 497 g/mol. The third-order valence-corrected chi connectivity index (χ3v) is 5.64. The fourth-order valence-corrected chi connectivity index (χ4v) is 4.09. The summed E-state index contributed by atoms with van der Waals surface area (Å²) in [6.45, 7) is 0.00980. The molecule has 0 saturated carbocycles. The van der Waals surface area contributed by atoms with Gasteiger partial charge in [-0.25, -0.2) is 9.78 Å². The zero-order valence-electron chi connectivity index (χ0n) is 18.5. The summed E-state index contributed by atoms with van der Waals surface area (Å²) in [4.78, 5) is 44.3. The predicted molar refractivity (Wildman–Crippen MR) is 126 cm³/mol. The number of carbonyl (C=O) groups excluding carboxylic acids is 2. The number of nitrogens with zero attached hydrogens (tertiary/aromatic N) is 2. The molecule has 1 atom stereocenters. The normalized spacial score (nSPS) is 12.7. The fraction of sp³-hybridized carbons (Fsp3) is 0.208. The first kappa shape index (κ1) is 24.0. The summed E-state index contributed by atoms with van der Waals surface area (Å²) in [6.07, 6.45) is -1.62. The van der Waals surface area contributed by atoms with Crippen LogP contribution in [0.15, 0.2) is 54.6 Å². The van der Waals surface area contributed by atoms with Gasteiger partial charge in [0.2, 0.25) is 17.7 Å². The van der Waals surface area contributed by atoms with Gasteiger partial charge in [0.25, 0.3) is 0 Å². The lowest BCUT2D eigenvalue weighted by Gasteiger charge is -2.18. The van der Waals surface area contributed by atoms with Gasteiger partial charge in [-0.2, -0.15) is 4.98 Å². The van der Waals surface area contributed by atoms with Crippen molar-refractivity contribution in [2.75, 3.05) is 19.0 Å². The summed E-state index contributed by atoms with van der Waals surface area (Å²) < 4.78 is 10.4. The van der Waals surface area contributed by atoms with Crippen LogP contribution in [-0.4, -0.2) is 52.8 Å². The molecule has 1 heterocycles. The Bertz CT molecular complexity index is 1240. The highest BCUT2D eigenvalue weighted by Gasteiger charge is 2.30. The number of carboxylic acid groups (broad SMARTS) is 1. The average Bonchev–Trinajstić information content (AvgIpc) is 3.15. The molecular weight excluding hydrogens is 476 g/mol. The van der Waals surface area contributed by atoms with E-state index in [4.69, 9.17) is 21.1 Å². The Morgan fingerprint density at radius 1 is 1.06 bits per heavy atom. The number of amides is 2. The van der Waals surface area contributed by atoms with Crippen LogP contribution < -0.4 is 15.4 Å².